The standard InChI is InChI=1S/C20H26BrNO4S/c1-15(14-22)13-17-5-3-4-6-20(17)26-12-11-25-16(2)27(23,24)19-9-7-18(21)8-10-19/h3-10,15-16H,11-14,22H2,1-2H3/t15-,16?/m0/s1. The van der Waals surface area contributed by atoms with E-state index in [1.807, 2.05) is 24.3 Å². The molecule has 0 bridgehead atoms. The molecule has 0 fully saturated rings. The highest BCUT2D eigenvalue weighted by Crippen LogP contribution is 2.22. The molecule has 2 aromatic rings. The summed E-state index contributed by atoms with van der Waals surface area (Å²) in [7, 11) is -3.54. The number of hydrogen-bond acceptors (Lipinski definition) is 5. The second-order valence-corrected chi connectivity index (χ2v) is 9.58. The van der Waals surface area contributed by atoms with E-state index in [1.54, 1.807) is 24.3 Å². The van der Waals surface area contributed by atoms with Gasteiger partial charge in [-0.1, -0.05) is 41.1 Å². The van der Waals surface area contributed by atoms with Crippen LogP contribution in [0.25, 0.3) is 0 Å². The fourth-order valence-corrected chi connectivity index (χ4v) is 3.98. The predicted octanol–water partition coefficient (Wildman–Crippen LogP) is 3.80. The van der Waals surface area contributed by atoms with Crippen LogP contribution in [0.1, 0.15) is 19.4 Å². The Morgan fingerprint density at radius 3 is 2.37 bits per heavy atom. The lowest BCUT2D eigenvalue weighted by molar-refractivity contribution is 0.0859. The lowest BCUT2D eigenvalue weighted by Crippen LogP contribution is -2.24. The van der Waals surface area contributed by atoms with E-state index in [1.165, 1.54) is 6.92 Å². The second-order valence-electron chi connectivity index (χ2n) is 6.44. The van der Waals surface area contributed by atoms with Crippen LogP contribution < -0.4 is 10.5 Å². The van der Waals surface area contributed by atoms with Crippen LogP contribution in [-0.2, 0) is 21.0 Å². The molecule has 0 aromatic heterocycles. The number of sulfone groups is 1. The zero-order valence-electron chi connectivity index (χ0n) is 15.6. The fraction of sp³-hybridized carbons (Fsp3) is 0.400. The number of halogens is 1. The van der Waals surface area contributed by atoms with E-state index in [0.717, 1.165) is 22.2 Å². The maximum atomic E-state index is 12.5. The second kappa shape index (κ2) is 10.2. The van der Waals surface area contributed by atoms with Gasteiger partial charge in [0.05, 0.1) is 11.5 Å². The van der Waals surface area contributed by atoms with Gasteiger partial charge in [0, 0.05) is 4.47 Å². The lowest BCUT2D eigenvalue weighted by atomic mass is 10.0. The zero-order chi connectivity index (χ0) is 19.9. The summed E-state index contributed by atoms with van der Waals surface area (Å²) in [5.74, 6) is 1.15. The summed E-state index contributed by atoms with van der Waals surface area (Å²) in [6.45, 7) is 4.69. The quantitative estimate of drug-likeness (QED) is 0.551. The van der Waals surface area contributed by atoms with Gasteiger partial charge in [-0.25, -0.2) is 8.42 Å². The summed E-state index contributed by atoms with van der Waals surface area (Å²) >= 11 is 3.30. The molecule has 2 N–H and O–H groups in total. The van der Waals surface area contributed by atoms with Crippen molar-refractivity contribution in [3.8, 4) is 5.75 Å². The highest BCUT2D eigenvalue weighted by molar-refractivity contribution is 9.10. The third-order valence-corrected chi connectivity index (χ3v) is 6.68. The molecule has 2 atom stereocenters. The Labute approximate surface area is 169 Å². The van der Waals surface area contributed by atoms with E-state index < -0.39 is 15.3 Å². The number of nitrogens with two attached hydrogens (primary N) is 1. The molecular formula is C20H26BrNO4S. The van der Waals surface area contributed by atoms with Gasteiger partial charge in [0.1, 0.15) is 12.4 Å². The molecule has 27 heavy (non-hydrogen) atoms. The van der Waals surface area contributed by atoms with Gasteiger partial charge < -0.3 is 15.2 Å². The van der Waals surface area contributed by atoms with Crippen molar-refractivity contribution in [1.29, 1.82) is 0 Å². The molecule has 0 aliphatic heterocycles. The molecule has 1 unspecified atom stereocenters. The molecule has 0 heterocycles. The number of benzene rings is 2. The summed E-state index contributed by atoms with van der Waals surface area (Å²) in [6.07, 6.45) is 0.835. The Balaban J connectivity index is 1.89. The van der Waals surface area contributed by atoms with Gasteiger partial charge in [-0.3, -0.25) is 0 Å². The van der Waals surface area contributed by atoms with E-state index in [2.05, 4.69) is 22.9 Å². The van der Waals surface area contributed by atoms with E-state index in [4.69, 9.17) is 15.2 Å². The minimum atomic E-state index is -3.54. The molecule has 0 spiro atoms. The molecule has 148 valence electrons. The molecule has 0 radical (unpaired) electrons. The van der Waals surface area contributed by atoms with Crippen LogP contribution >= 0.6 is 15.9 Å². The van der Waals surface area contributed by atoms with E-state index >= 15 is 0 Å². The lowest BCUT2D eigenvalue weighted by Gasteiger charge is -2.16. The highest BCUT2D eigenvalue weighted by Gasteiger charge is 2.23. The van der Waals surface area contributed by atoms with E-state index in [0.29, 0.717) is 12.5 Å². The van der Waals surface area contributed by atoms with Crippen LogP contribution in [-0.4, -0.2) is 33.6 Å². The highest BCUT2D eigenvalue weighted by atomic mass is 79.9. The Hall–Kier alpha value is -1.41. The van der Waals surface area contributed by atoms with Crippen molar-refractivity contribution >= 4 is 25.8 Å². The third-order valence-electron chi connectivity index (χ3n) is 4.22. The monoisotopic (exact) mass is 455 g/mol. The maximum absolute atomic E-state index is 12.5. The summed E-state index contributed by atoms with van der Waals surface area (Å²) in [4.78, 5) is 0.236. The van der Waals surface area contributed by atoms with Crippen molar-refractivity contribution in [3.63, 3.8) is 0 Å². The molecule has 2 aromatic carbocycles. The van der Waals surface area contributed by atoms with Crippen molar-refractivity contribution in [2.24, 2.45) is 11.7 Å². The molecule has 0 saturated carbocycles. The number of hydrogen-bond donors (Lipinski definition) is 1. The van der Waals surface area contributed by atoms with Gasteiger partial charge in [0.25, 0.3) is 0 Å². The van der Waals surface area contributed by atoms with Crippen LogP contribution in [0.2, 0.25) is 0 Å². The molecule has 7 heteroatoms. The molecule has 5 nitrogen and oxygen atoms in total. The van der Waals surface area contributed by atoms with Crippen molar-refractivity contribution in [2.45, 2.75) is 30.6 Å². The summed E-state index contributed by atoms with van der Waals surface area (Å²) < 4.78 is 37.2. The Morgan fingerprint density at radius 2 is 1.70 bits per heavy atom. The summed E-state index contributed by atoms with van der Waals surface area (Å²) in [5, 5.41) is 0. The van der Waals surface area contributed by atoms with Gasteiger partial charge in [-0.05, 0) is 61.7 Å². The first kappa shape index (κ1) is 21.9. The maximum Gasteiger partial charge on any atom is 0.204 e. The topological polar surface area (TPSA) is 78.6 Å². The molecule has 0 saturated heterocycles. The average molecular weight is 456 g/mol. The van der Waals surface area contributed by atoms with Gasteiger partial charge in [-0.2, -0.15) is 0 Å². The normalized spacial score (nSPS) is 13.9. The third kappa shape index (κ3) is 6.31. The van der Waals surface area contributed by atoms with Crippen LogP contribution in [0.3, 0.4) is 0 Å². The first-order chi connectivity index (χ1) is 12.8. The van der Waals surface area contributed by atoms with Crippen molar-refractivity contribution < 1.29 is 17.9 Å². The van der Waals surface area contributed by atoms with E-state index in [-0.39, 0.29) is 18.1 Å². The minimum Gasteiger partial charge on any atom is -0.491 e. The first-order valence-corrected chi connectivity index (χ1v) is 11.2. The summed E-state index contributed by atoms with van der Waals surface area (Å²) in [6, 6.07) is 14.3. The number of ether oxygens (including phenoxy) is 2. The van der Waals surface area contributed by atoms with Crippen LogP contribution in [0, 0.1) is 5.92 Å². The van der Waals surface area contributed by atoms with Crippen molar-refractivity contribution in [1.82, 2.24) is 0 Å². The summed E-state index contributed by atoms with van der Waals surface area (Å²) in [5.41, 5.74) is 5.84. The smallest absolute Gasteiger partial charge is 0.204 e. The van der Waals surface area contributed by atoms with Crippen molar-refractivity contribution in [2.75, 3.05) is 19.8 Å². The minimum absolute atomic E-state index is 0.178. The Kier molecular flexibility index (Phi) is 8.28. The van der Waals surface area contributed by atoms with E-state index in [9.17, 15) is 8.42 Å². The van der Waals surface area contributed by atoms with Gasteiger partial charge >= 0.3 is 0 Å². The Morgan fingerprint density at radius 1 is 1.04 bits per heavy atom. The van der Waals surface area contributed by atoms with Gasteiger partial charge in [0.15, 0.2) is 5.44 Å². The van der Waals surface area contributed by atoms with Crippen molar-refractivity contribution in [3.05, 3.63) is 58.6 Å². The number of rotatable bonds is 10. The average Bonchev–Trinajstić information content (AvgIpc) is 2.66. The predicted molar refractivity (Wildman–Crippen MR) is 111 cm³/mol. The van der Waals surface area contributed by atoms with Crippen LogP contribution in [0.5, 0.6) is 5.75 Å². The van der Waals surface area contributed by atoms with Crippen LogP contribution in [0.4, 0.5) is 0 Å². The SMILES string of the molecule is CC(OCCOc1ccccc1C[C@H](C)CN)S(=O)(=O)c1ccc(Br)cc1. The van der Waals surface area contributed by atoms with Gasteiger partial charge in [-0.15, -0.1) is 0 Å². The molecule has 0 aliphatic rings. The fourth-order valence-electron chi connectivity index (χ4n) is 2.54. The first-order valence-electron chi connectivity index (χ1n) is 8.86. The van der Waals surface area contributed by atoms with Gasteiger partial charge in [0.2, 0.25) is 9.84 Å². The molecule has 0 amide bonds. The largest absolute Gasteiger partial charge is 0.491 e. The van der Waals surface area contributed by atoms with Crippen LogP contribution in [0.15, 0.2) is 57.9 Å². The number of para-hydroxylation sites is 1. The molecule has 0 aliphatic carbocycles. The Bertz CT molecular complexity index is 824. The molecule has 2 rings (SSSR count). The zero-order valence-corrected chi connectivity index (χ0v) is 18.0. The molecular weight excluding hydrogens is 430 g/mol.